The van der Waals surface area contributed by atoms with Crippen molar-refractivity contribution in [1.82, 2.24) is 5.32 Å². The predicted molar refractivity (Wildman–Crippen MR) is 132 cm³/mol. The molecule has 0 aromatic heterocycles. The maximum Gasteiger partial charge on any atom is 0.258 e. The predicted octanol–water partition coefficient (Wildman–Crippen LogP) is 4.69. The Morgan fingerprint density at radius 2 is 1.44 bits per heavy atom. The van der Waals surface area contributed by atoms with E-state index in [1.807, 2.05) is 79.1 Å². The van der Waals surface area contributed by atoms with Gasteiger partial charge in [-0.2, -0.15) is 11.8 Å². The molecule has 0 radical (unpaired) electrons. The molecule has 166 valence electrons. The quantitative estimate of drug-likeness (QED) is 0.396. The molecule has 32 heavy (non-hydrogen) atoms. The molecule has 0 bridgehead atoms. The summed E-state index contributed by atoms with van der Waals surface area (Å²) in [6.07, 6.45) is 2.49. The molecule has 6 nitrogen and oxygen atoms in total. The third-order valence-electron chi connectivity index (χ3n) is 4.59. The van der Waals surface area contributed by atoms with Crippen molar-refractivity contribution in [3.63, 3.8) is 0 Å². The molecule has 0 heterocycles. The molecule has 0 aliphatic rings. The fourth-order valence-corrected chi connectivity index (χ4v) is 3.43. The highest BCUT2D eigenvalue weighted by molar-refractivity contribution is 7.98. The lowest BCUT2D eigenvalue weighted by atomic mass is 10.2. The third kappa shape index (κ3) is 7.67. The fourth-order valence-electron chi connectivity index (χ4n) is 2.96. The van der Waals surface area contributed by atoms with E-state index >= 15 is 0 Å². The first-order valence-electron chi connectivity index (χ1n) is 10.3. The van der Waals surface area contributed by atoms with E-state index in [0.29, 0.717) is 17.9 Å². The molecule has 3 rings (SSSR count). The van der Waals surface area contributed by atoms with Gasteiger partial charge in [-0.15, -0.1) is 0 Å². The minimum absolute atomic E-state index is 0.146. The van der Waals surface area contributed by atoms with Crippen molar-refractivity contribution in [2.75, 3.05) is 29.2 Å². The van der Waals surface area contributed by atoms with Gasteiger partial charge < -0.3 is 20.7 Å². The largest absolute Gasteiger partial charge is 0.484 e. The number of ether oxygens (including phenoxy) is 1. The monoisotopic (exact) mass is 449 g/mol. The van der Waals surface area contributed by atoms with Crippen molar-refractivity contribution in [3.8, 4) is 5.75 Å². The topological polar surface area (TPSA) is 79.5 Å². The number of hydrogen-bond acceptors (Lipinski definition) is 5. The van der Waals surface area contributed by atoms with Crippen LogP contribution in [-0.4, -0.2) is 36.5 Å². The van der Waals surface area contributed by atoms with Gasteiger partial charge in [0.2, 0.25) is 5.91 Å². The lowest BCUT2D eigenvalue weighted by Crippen LogP contribution is -2.45. The maximum atomic E-state index is 12.8. The summed E-state index contributed by atoms with van der Waals surface area (Å²) < 4.78 is 5.48. The molecule has 7 heteroatoms. The Morgan fingerprint density at radius 1 is 0.844 bits per heavy atom. The minimum atomic E-state index is -0.642. The fraction of sp³-hybridized carbons (Fsp3) is 0.200. The van der Waals surface area contributed by atoms with Crippen molar-refractivity contribution in [2.24, 2.45) is 0 Å². The van der Waals surface area contributed by atoms with Crippen LogP contribution in [0.3, 0.4) is 0 Å². The van der Waals surface area contributed by atoms with Gasteiger partial charge in [0, 0.05) is 17.1 Å². The van der Waals surface area contributed by atoms with Crippen LogP contribution in [0.15, 0.2) is 84.9 Å². The molecule has 0 fully saturated rings. The number of rotatable bonds is 11. The van der Waals surface area contributed by atoms with E-state index in [-0.39, 0.29) is 18.4 Å². The highest BCUT2D eigenvalue weighted by Crippen LogP contribution is 2.19. The summed E-state index contributed by atoms with van der Waals surface area (Å²) in [4.78, 5) is 25.1. The van der Waals surface area contributed by atoms with E-state index < -0.39 is 6.04 Å². The smallest absolute Gasteiger partial charge is 0.258 e. The number of carbonyl (C=O) groups is 2. The summed E-state index contributed by atoms with van der Waals surface area (Å²) in [7, 11) is 0. The van der Waals surface area contributed by atoms with Gasteiger partial charge in [-0.3, -0.25) is 9.59 Å². The Labute approximate surface area is 192 Å². The zero-order valence-electron chi connectivity index (χ0n) is 17.9. The van der Waals surface area contributed by atoms with E-state index in [0.717, 1.165) is 17.1 Å². The van der Waals surface area contributed by atoms with E-state index in [2.05, 4.69) is 16.0 Å². The van der Waals surface area contributed by atoms with Crippen LogP contribution in [0, 0.1) is 0 Å². The maximum absolute atomic E-state index is 12.8. The molecule has 1 unspecified atom stereocenters. The van der Waals surface area contributed by atoms with Gasteiger partial charge in [0.25, 0.3) is 5.91 Å². The van der Waals surface area contributed by atoms with Crippen LogP contribution in [0.1, 0.15) is 6.42 Å². The molecule has 0 aliphatic heterocycles. The van der Waals surface area contributed by atoms with Crippen molar-refractivity contribution >= 4 is 40.6 Å². The van der Waals surface area contributed by atoms with E-state index in [9.17, 15) is 9.59 Å². The van der Waals surface area contributed by atoms with Crippen molar-refractivity contribution < 1.29 is 14.3 Å². The van der Waals surface area contributed by atoms with E-state index in [1.54, 1.807) is 23.9 Å². The number of carbonyl (C=O) groups excluding carboxylic acids is 2. The van der Waals surface area contributed by atoms with Gasteiger partial charge in [0.05, 0.1) is 0 Å². The second kappa shape index (κ2) is 12.4. The summed E-state index contributed by atoms with van der Waals surface area (Å²) in [6, 6.07) is 25.8. The van der Waals surface area contributed by atoms with Crippen LogP contribution in [0.4, 0.5) is 17.1 Å². The van der Waals surface area contributed by atoms with Gasteiger partial charge in [0.15, 0.2) is 6.61 Å². The molecular formula is C25H27N3O3S. The van der Waals surface area contributed by atoms with Crippen LogP contribution in [0.5, 0.6) is 5.75 Å². The molecule has 3 aromatic carbocycles. The molecule has 2 amide bonds. The molecule has 0 aliphatic carbocycles. The Kier molecular flexibility index (Phi) is 9.01. The van der Waals surface area contributed by atoms with Crippen LogP contribution >= 0.6 is 11.8 Å². The van der Waals surface area contributed by atoms with Crippen LogP contribution in [0.25, 0.3) is 0 Å². The zero-order chi connectivity index (χ0) is 22.6. The standard InChI is InChI=1S/C25H27N3O3S/c1-32-17-16-23(28-24(29)18-31-22-10-6-3-7-11-22)25(30)27-21-14-12-20(13-15-21)26-19-8-4-2-5-9-19/h2-15,23,26H,16-18H2,1H3,(H,27,30)(H,28,29). The lowest BCUT2D eigenvalue weighted by molar-refractivity contribution is -0.127. The molecule has 3 N–H and O–H groups in total. The molecule has 0 saturated heterocycles. The molecule has 1 atom stereocenters. The summed E-state index contributed by atoms with van der Waals surface area (Å²) in [5.74, 6) is 0.767. The molecular weight excluding hydrogens is 422 g/mol. The number of nitrogens with one attached hydrogen (secondary N) is 3. The van der Waals surface area contributed by atoms with Gasteiger partial charge in [-0.25, -0.2) is 0 Å². The number of amides is 2. The van der Waals surface area contributed by atoms with Crippen molar-refractivity contribution in [2.45, 2.75) is 12.5 Å². The van der Waals surface area contributed by atoms with Crippen LogP contribution in [-0.2, 0) is 9.59 Å². The number of para-hydroxylation sites is 2. The average molecular weight is 450 g/mol. The Balaban J connectivity index is 1.54. The first-order valence-corrected chi connectivity index (χ1v) is 11.7. The Hall–Kier alpha value is -3.45. The van der Waals surface area contributed by atoms with Crippen molar-refractivity contribution in [3.05, 3.63) is 84.9 Å². The Bertz CT molecular complexity index is 982. The number of hydrogen-bond donors (Lipinski definition) is 3. The van der Waals surface area contributed by atoms with Gasteiger partial charge in [-0.1, -0.05) is 36.4 Å². The van der Waals surface area contributed by atoms with Crippen LogP contribution < -0.4 is 20.7 Å². The first kappa shape index (κ1) is 23.2. The summed E-state index contributed by atoms with van der Waals surface area (Å²) in [5, 5.41) is 8.98. The number of anilines is 3. The Morgan fingerprint density at radius 3 is 2.09 bits per heavy atom. The average Bonchev–Trinajstić information content (AvgIpc) is 2.83. The lowest BCUT2D eigenvalue weighted by Gasteiger charge is -2.18. The second-order valence-electron chi connectivity index (χ2n) is 7.06. The van der Waals surface area contributed by atoms with E-state index in [4.69, 9.17) is 4.74 Å². The van der Waals surface area contributed by atoms with Gasteiger partial charge in [-0.05, 0) is 67.0 Å². The first-order chi connectivity index (χ1) is 15.6. The number of benzene rings is 3. The summed E-state index contributed by atoms with van der Waals surface area (Å²) in [6.45, 7) is -0.146. The second-order valence-corrected chi connectivity index (χ2v) is 8.05. The van der Waals surface area contributed by atoms with Gasteiger partial charge in [0.1, 0.15) is 11.8 Å². The third-order valence-corrected chi connectivity index (χ3v) is 5.23. The number of thioether (sulfide) groups is 1. The van der Waals surface area contributed by atoms with E-state index in [1.165, 1.54) is 0 Å². The van der Waals surface area contributed by atoms with Crippen LogP contribution in [0.2, 0.25) is 0 Å². The molecule has 0 saturated carbocycles. The summed E-state index contributed by atoms with van der Waals surface area (Å²) >= 11 is 1.62. The molecule has 3 aromatic rings. The summed E-state index contributed by atoms with van der Waals surface area (Å²) in [5.41, 5.74) is 2.57. The van der Waals surface area contributed by atoms with Gasteiger partial charge >= 0.3 is 0 Å². The highest BCUT2D eigenvalue weighted by Gasteiger charge is 2.21. The molecule has 0 spiro atoms. The minimum Gasteiger partial charge on any atom is -0.484 e. The normalized spacial score (nSPS) is 11.3. The highest BCUT2D eigenvalue weighted by atomic mass is 32.2. The zero-order valence-corrected chi connectivity index (χ0v) is 18.7. The SMILES string of the molecule is CSCCC(NC(=O)COc1ccccc1)C(=O)Nc1ccc(Nc2ccccc2)cc1. The van der Waals surface area contributed by atoms with Crippen molar-refractivity contribution in [1.29, 1.82) is 0 Å².